The largest absolute Gasteiger partial charge is 0.487 e. The van der Waals surface area contributed by atoms with Gasteiger partial charge in [-0.3, -0.25) is 9.78 Å². The Hall–Kier alpha value is -2.57. The van der Waals surface area contributed by atoms with Crippen molar-refractivity contribution >= 4 is 5.91 Å². The second kappa shape index (κ2) is 7.81. The summed E-state index contributed by atoms with van der Waals surface area (Å²) < 4.78 is 44.2. The van der Waals surface area contributed by atoms with Crippen LogP contribution in [0.15, 0.2) is 48.8 Å². The van der Waals surface area contributed by atoms with Crippen molar-refractivity contribution in [3.8, 4) is 5.75 Å². The zero-order valence-corrected chi connectivity index (χ0v) is 13.0. The van der Waals surface area contributed by atoms with Crippen LogP contribution >= 0.6 is 0 Å². The van der Waals surface area contributed by atoms with E-state index >= 15 is 0 Å². The molecule has 1 aromatic heterocycles. The van der Waals surface area contributed by atoms with Crippen LogP contribution in [0.2, 0.25) is 0 Å². The van der Waals surface area contributed by atoms with E-state index in [4.69, 9.17) is 4.74 Å². The zero-order chi connectivity index (χ0) is 17.6. The summed E-state index contributed by atoms with van der Waals surface area (Å²) in [6.45, 7) is 1.93. The highest BCUT2D eigenvalue weighted by atomic mass is 19.4. The molecule has 4 nitrogen and oxygen atoms in total. The van der Waals surface area contributed by atoms with Gasteiger partial charge in [0.1, 0.15) is 11.9 Å². The van der Waals surface area contributed by atoms with Gasteiger partial charge >= 0.3 is 6.18 Å². The third kappa shape index (κ3) is 5.26. The quantitative estimate of drug-likeness (QED) is 0.880. The number of hydrogen-bond acceptors (Lipinski definition) is 3. The van der Waals surface area contributed by atoms with Crippen molar-refractivity contribution in [2.75, 3.05) is 6.54 Å². The molecule has 2 rings (SSSR count). The van der Waals surface area contributed by atoms with Crippen molar-refractivity contribution in [3.63, 3.8) is 0 Å². The standard InChI is InChI=1S/C17H17F3N2O2/c1-12(24-14-6-4-8-21-11-14)10-22-16(23)9-13-5-2-3-7-15(13)17(18,19)20/h2-8,11-12H,9-10H2,1H3,(H,22,23)/t12-/m0/s1. The van der Waals surface area contributed by atoms with Gasteiger partial charge in [0.2, 0.25) is 5.91 Å². The summed E-state index contributed by atoms with van der Waals surface area (Å²) in [5.41, 5.74) is -0.844. The van der Waals surface area contributed by atoms with Crippen LogP contribution in [0.5, 0.6) is 5.75 Å². The van der Waals surface area contributed by atoms with Gasteiger partial charge in [-0.2, -0.15) is 13.2 Å². The van der Waals surface area contributed by atoms with Crippen LogP contribution < -0.4 is 10.1 Å². The molecule has 128 valence electrons. The summed E-state index contributed by atoms with van der Waals surface area (Å²) in [6.07, 6.45) is -2.01. The number of hydrogen-bond donors (Lipinski definition) is 1. The molecule has 0 fully saturated rings. The van der Waals surface area contributed by atoms with Crippen molar-refractivity contribution in [1.82, 2.24) is 10.3 Å². The van der Waals surface area contributed by atoms with Gasteiger partial charge in [-0.15, -0.1) is 0 Å². The first kappa shape index (κ1) is 17.8. The van der Waals surface area contributed by atoms with Gasteiger partial charge in [0.25, 0.3) is 0 Å². The molecule has 1 aromatic carbocycles. The van der Waals surface area contributed by atoms with E-state index in [0.29, 0.717) is 5.75 Å². The molecule has 1 amide bonds. The maximum atomic E-state index is 12.9. The molecule has 7 heteroatoms. The highest BCUT2D eigenvalue weighted by molar-refractivity contribution is 5.79. The fourth-order valence-corrected chi connectivity index (χ4v) is 2.13. The van der Waals surface area contributed by atoms with Crippen molar-refractivity contribution < 1.29 is 22.7 Å². The Balaban J connectivity index is 1.88. The van der Waals surface area contributed by atoms with Gasteiger partial charge in [-0.25, -0.2) is 0 Å². The minimum atomic E-state index is -4.48. The molecule has 0 bridgehead atoms. The predicted octanol–water partition coefficient (Wildman–Crippen LogP) is 3.23. The van der Waals surface area contributed by atoms with Crippen molar-refractivity contribution in [2.45, 2.75) is 25.6 Å². The third-order valence-electron chi connectivity index (χ3n) is 3.23. The first-order valence-corrected chi connectivity index (χ1v) is 7.34. The lowest BCUT2D eigenvalue weighted by atomic mass is 10.0. The average molecular weight is 338 g/mol. The van der Waals surface area contributed by atoms with Crippen LogP contribution in [0.25, 0.3) is 0 Å². The number of carbonyl (C=O) groups excluding carboxylic acids is 1. The summed E-state index contributed by atoms with van der Waals surface area (Å²) in [5, 5.41) is 2.58. The van der Waals surface area contributed by atoms with E-state index in [9.17, 15) is 18.0 Å². The molecule has 1 N–H and O–H groups in total. The lowest BCUT2D eigenvalue weighted by Gasteiger charge is -2.16. The molecule has 0 unspecified atom stereocenters. The molecule has 0 aliphatic heterocycles. The van der Waals surface area contributed by atoms with Gasteiger partial charge in [-0.05, 0) is 30.7 Å². The third-order valence-corrected chi connectivity index (χ3v) is 3.23. The van der Waals surface area contributed by atoms with Crippen molar-refractivity contribution in [2.24, 2.45) is 0 Å². The summed E-state index contributed by atoms with van der Waals surface area (Å²) in [6, 6.07) is 8.49. The van der Waals surface area contributed by atoms with E-state index < -0.39 is 17.6 Å². The fraction of sp³-hybridized carbons (Fsp3) is 0.294. The molecule has 0 radical (unpaired) electrons. The molecule has 2 aromatic rings. The topological polar surface area (TPSA) is 51.2 Å². The number of ether oxygens (including phenoxy) is 1. The maximum absolute atomic E-state index is 12.9. The number of pyridine rings is 1. The highest BCUT2D eigenvalue weighted by Crippen LogP contribution is 2.31. The number of carbonyl (C=O) groups is 1. The minimum Gasteiger partial charge on any atom is -0.487 e. The Labute approximate surface area is 137 Å². The molecule has 0 aliphatic carbocycles. The molecule has 0 saturated heterocycles. The van der Waals surface area contributed by atoms with Crippen LogP contribution in [-0.2, 0) is 17.4 Å². The monoisotopic (exact) mass is 338 g/mol. The molecule has 0 aliphatic rings. The van der Waals surface area contributed by atoms with E-state index in [0.717, 1.165) is 6.07 Å². The van der Waals surface area contributed by atoms with Crippen LogP contribution in [0.4, 0.5) is 13.2 Å². The number of halogens is 3. The average Bonchev–Trinajstić information content (AvgIpc) is 2.53. The Bertz CT molecular complexity index is 675. The van der Waals surface area contributed by atoms with Crippen LogP contribution in [-0.4, -0.2) is 23.5 Å². The molecular weight excluding hydrogens is 321 g/mol. The van der Waals surface area contributed by atoms with Crippen molar-refractivity contribution in [3.05, 3.63) is 59.9 Å². The van der Waals surface area contributed by atoms with Gasteiger partial charge in [0, 0.05) is 6.20 Å². The van der Waals surface area contributed by atoms with E-state index in [2.05, 4.69) is 10.3 Å². The Morgan fingerprint density at radius 2 is 2.00 bits per heavy atom. The maximum Gasteiger partial charge on any atom is 0.416 e. The normalized spacial score (nSPS) is 12.5. The first-order chi connectivity index (χ1) is 11.4. The van der Waals surface area contributed by atoms with Gasteiger partial charge in [0.05, 0.1) is 24.7 Å². The smallest absolute Gasteiger partial charge is 0.416 e. The number of alkyl halides is 3. The molecule has 1 heterocycles. The molecular formula is C17H17F3N2O2. The van der Waals surface area contributed by atoms with Gasteiger partial charge < -0.3 is 10.1 Å². The Morgan fingerprint density at radius 1 is 1.25 bits per heavy atom. The van der Waals surface area contributed by atoms with Gasteiger partial charge in [0.15, 0.2) is 0 Å². The molecule has 24 heavy (non-hydrogen) atoms. The summed E-state index contributed by atoms with van der Waals surface area (Å²) in [7, 11) is 0. The number of benzene rings is 1. The second-order valence-electron chi connectivity index (χ2n) is 5.25. The Morgan fingerprint density at radius 3 is 2.67 bits per heavy atom. The van der Waals surface area contributed by atoms with E-state index in [-0.39, 0.29) is 24.6 Å². The Kier molecular flexibility index (Phi) is 5.78. The molecule has 0 saturated carbocycles. The number of nitrogens with one attached hydrogen (secondary N) is 1. The van der Waals surface area contributed by atoms with Crippen molar-refractivity contribution in [1.29, 1.82) is 0 Å². The van der Waals surface area contributed by atoms with Crippen LogP contribution in [0, 0.1) is 0 Å². The lowest BCUT2D eigenvalue weighted by Crippen LogP contribution is -2.34. The first-order valence-electron chi connectivity index (χ1n) is 7.34. The van der Waals surface area contributed by atoms with Crippen LogP contribution in [0.1, 0.15) is 18.1 Å². The number of aromatic nitrogens is 1. The zero-order valence-electron chi connectivity index (χ0n) is 13.0. The number of rotatable bonds is 6. The molecule has 1 atom stereocenters. The highest BCUT2D eigenvalue weighted by Gasteiger charge is 2.33. The summed E-state index contributed by atoms with van der Waals surface area (Å²) in [5.74, 6) is 0.0648. The van der Waals surface area contributed by atoms with Gasteiger partial charge in [-0.1, -0.05) is 18.2 Å². The number of amides is 1. The second-order valence-corrected chi connectivity index (χ2v) is 5.25. The summed E-state index contributed by atoms with van der Waals surface area (Å²) in [4.78, 5) is 15.8. The predicted molar refractivity (Wildman–Crippen MR) is 82.5 cm³/mol. The summed E-state index contributed by atoms with van der Waals surface area (Å²) >= 11 is 0. The number of nitrogens with zero attached hydrogens (tertiary/aromatic N) is 1. The van der Waals surface area contributed by atoms with E-state index in [1.807, 2.05) is 0 Å². The van der Waals surface area contributed by atoms with E-state index in [1.54, 1.807) is 25.3 Å². The SMILES string of the molecule is C[C@@H](CNC(=O)Cc1ccccc1C(F)(F)F)Oc1cccnc1. The molecule has 0 spiro atoms. The minimum absolute atomic E-state index is 0.0525. The van der Waals surface area contributed by atoms with E-state index in [1.165, 1.54) is 24.4 Å². The fourth-order valence-electron chi connectivity index (χ4n) is 2.13. The van der Waals surface area contributed by atoms with Crippen LogP contribution in [0.3, 0.4) is 0 Å². The lowest BCUT2D eigenvalue weighted by molar-refractivity contribution is -0.138.